The van der Waals surface area contributed by atoms with Gasteiger partial charge in [0.1, 0.15) is 5.69 Å². The van der Waals surface area contributed by atoms with Crippen LogP contribution in [0.25, 0.3) is 22.5 Å². The van der Waals surface area contributed by atoms with Crippen LogP contribution in [0, 0.1) is 6.92 Å². The van der Waals surface area contributed by atoms with Crippen LogP contribution in [-0.4, -0.2) is 15.2 Å². The van der Waals surface area contributed by atoms with Crippen molar-refractivity contribution in [2.24, 2.45) is 0 Å². The van der Waals surface area contributed by atoms with Gasteiger partial charge in [-0.2, -0.15) is 0 Å². The van der Waals surface area contributed by atoms with Gasteiger partial charge < -0.3 is 14.7 Å². The van der Waals surface area contributed by atoms with Crippen LogP contribution in [0.1, 0.15) is 11.1 Å². The van der Waals surface area contributed by atoms with E-state index in [9.17, 15) is 0 Å². The number of nitrogens with zero attached hydrogens (tertiary/aromatic N) is 2. The highest BCUT2D eigenvalue weighted by Gasteiger charge is 2.15. The van der Waals surface area contributed by atoms with E-state index in [0.29, 0.717) is 23.5 Å². The first-order chi connectivity index (χ1) is 11.7. The van der Waals surface area contributed by atoms with Crippen LogP contribution < -0.4 is 5.32 Å². The molecule has 4 rings (SSSR count). The number of aromatic amines is 1. The summed E-state index contributed by atoms with van der Waals surface area (Å²) in [5, 5.41) is 13.1. The lowest BCUT2D eigenvalue weighted by Gasteiger charge is -2.00. The Balaban J connectivity index is 1.59. The van der Waals surface area contributed by atoms with Gasteiger partial charge in [-0.3, -0.25) is 0 Å². The summed E-state index contributed by atoms with van der Waals surface area (Å²) >= 11 is 6.07. The molecule has 24 heavy (non-hydrogen) atoms. The number of H-pyrrole nitrogens is 1. The second-order valence-electron chi connectivity index (χ2n) is 5.57. The first kappa shape index (κ1) is 14.8. The second kappa shape index (κ2) is 6.02. The molecule has 0 fully saturated rings. The maximum Gasteiger partial charge on any atom is 0.316 e. The lowest BCUT2D eigenvalue weighted by atomic mass is 10.1. The SMILES string of the molecule is Cc1c(-c2nnc(NCc3ccccc3)o2)[nH]c2ccc(Cl)cc12. The standard InChI is InChI=1S/C18H15ClN4O/c1-11-14-9-13(19)7-8-15(14)21-16(11)17-22-23-18(24-17)20-10-12-5-3-2-4-6-12/h2-9,21H,10H2,1H3,(H,20,23). The van der Waals surface area contributed by atoms with E-state index in [2.05, 4.69) is 20.5 Å². The van der Waals surface area contributed by atoms with Gasteiger partial charge in [-0.1, -0.05) is 47.0 Å². The fourth-order valence-corrected chi connectivity index (χ4v) is 2.85. The minimum atomic E-state index is 0.393. The average Bonchev–Trinajstić information content (AvgIpc) is 3.19. The zero-order chi connectivity index (χ0) is 16.5. The molecule has 2 aromatic heterocycles. The number of hydrogen-bond acceptors (Lipinski definition) is 4. The van der Waals surface area contributed by atoms with Crippen molar-refractivity contribution in [3.8, 4) is 11.6 Å². The molecule has 2 aromatic carbocycles. The molecule has 0 aliphatic heterocycles. The summed E-state index contributed by atoms with van der Waals surface area (Å²) in [7, 11) is 0. The number of anilines is 1. The van der Waals surface area contributed by atoms with Gasteiger partial charge in [0.2, 0.25) is 0 Å². The van der Waals surface area contributed by atoms with E-state index >= 15 is 0 Å². The van der Waals surface area contributed by atoms with Crippen LogP contribution in [-0.2, 0) is 6.54 Å². The van der Waals surface area contributed by atoms with Gasteiger partial charge in [-0.15, -0.1) is 5.10 Å². The number of benzene rings is 2. The van der Waals surface area contributed by atoms with E-state index < -0.39 is 0 Å². The Morgan fingerprint density at radius 1 is 1.12 bits per heavy atom. The van der Waals surface area contributed by atoms with Gasteiger partial charge >= 0.3 is 6.01 Å². The molecule has 120 valence electrons. The molecule has 2 heterocycles. The fourth-order valence-electron chi connectivity index (χ4n) is 2.68. The molecule has 0 aliphatic carbocycles. The molecular formula is C18H15ClN4O. The Kier molecular flexibility index (Phi) is 3.70. The van der Waals surface area contributed by atoms with Crippen LogP contribution in [0.4, 0.5) is 6.01 Å². The van der Waals surface area contributed by atoms with Crippen molar-refractivity contribution in [2.45, 2.75) is 13.5 Å². The Hall–Kier alpha value is -2.79. The number of aryl methyl sites for hydroxylation is 1. The van der Waals surface area contributed by atoms with E-state index in [4.69, 9.17) is 16.0 Å². The van der Waals surface area contributed by atoms with Crippen LogP contribution >= 0.6 is 11.6 Å². The molecule has 5 nitrogen and oxygen atoms in total. The van der Waals surface area contributed by atoms with Gasteiger partial charge in [0, 0.05) is 22.5 Å². The van der Waals surface area contributed by atoms with Crippen molar-refractivity contribution >= 4 is 28.5 Å². The molecule has 0 radical (unpaired) electrons. The van der Waals surface area contributed by atoms with Crippen molar-refractivity contribution < 1.29 is 4.42 Å². The highest BCUT2D eigenvalue weighted by atomic mass is 35.5. The Labute approximate surface area is 143 Å². The van der Waals surface area contributed by atoms with Crippen molar-refractivity contribution in [1.29, 1.82) is 0 Å². The number of nitrogens with one attached hydrogen (secondary N) is 2. The molecule has 0 atom stereocenters. The second-order valence-corrected chi connectivity index (χ2v) is 6.00. The monoisotopic (exact) mass is 338 g/mol. The van der Waals surface area contributed by atoms with Gasteiger partial charge in [-0.25, -0.2) is 0 Å². The fraction of sp³-hybridized carbons (Fsp3) is 0.111. The van der Waals surface area contributed by atoms with E-state index in [1.807, 2.05) is 55.5 Å². The molecule has 0 saturated heterocycles. The van der Waals surface area contributed by atoms with Crippen LogP contribution in [0.5, 0.6) is 0 Å². The topological polar surface area (TPSA) is 66.7 Å². The van der Waals surface area contributed by atoms with E-state index in [-0.39, 0.29) is 0 Å². The van der Waals surface area contributed by atoms with Gasteiger partial charge in [0.15, 0.2) is 0 Å². The third-order valence-electron chi connectivity index (χ3n) is 3.95. The maximum atomic E-state index is 6.07. The summed E-state index contributed by atoms with van der Waals surface area (Å²) in [6, 6.07) is 16.2. The van der Waals surface area contributed by atoms with Crippen molar-refractivity contribution in [1.82, 2.24) is 15.2 Å². The smallest absolute Gasteiger partial charge is 0.316 e. The van der Waals surface area contributed by atoms with Gasteiger partial charge in [0.05, 0.1) is 0 Å². The first-order valence-electron chi connectivity index (χ1n) is 7.60. The van der Waals surface area contributed by atoms with Crippen molar-refractivity contribution in [3.63, 3.8) is 0 Å². The molecule has 0 bridgehead atoms. The summed E-state index contributed by atoms with van der Waals surface area (Å²) in [4.78, 5) is 3.31. The number of hydrogen-bond donors (Lipinski definition) is 2. The normalized spacial score (nSPS) is 11.1. The minimum Gasteiger partial charge on any atom is -0.402 e. The molecule has 0 amide bonds. The van der Waals surface area contributed by atoms with Crippen LogP contribution in [0.2, 0.25) is 5.02 Å². The number of fused-ring (bicyclic) bond motifs is 1. The third kappa shape index (κ3) is 2.74. The summed E-state index contributed by atoms with van der Waals surface area (Å²) < 4.78 is 5.73. The van der Waals surface area contributed by atoms with Crippen molar-refractivity contribution in [3.05, 3.63) is 64.7 Å². The third-order valence-corrected chi connectivity index (χ3v) is 4.18. The predicted molar refractivity (Wildman–Crippen MR) is 95.1 cm³/mol. The largest absolute Gasteiger partial charge is 0.402 e. The lowest BCUT2D eigenvalue weighted by molar-refractivity contribution is 0.578. The average molecular weight is 339 g/mol. The molecule has 6 heteroatoms. The number of aromatic nitrogens is 3. The molecule has 0 aliphatic rings. The Bertz CT molecular complexity index is 991. The molecule has 0 spiro atoms. The van der Waals surface area contributed by atoms with Crippen LogP contribution in [0.3, 0.4) is 0 Å². The molecule has 4 aromatic rings. The van der Waals surface area contributed by atoms with E-state index in [0.717, 1.165) is 27.7 Å². The van der Waals surface area contributed by atoms with E-state index in [1.54, 1.807) is 0 Å². The van der Waals surface area contributed by atoms with Crippen molar-refractivity contribution in [2.75, 3.05) is 5.32 Å². The van der Waals surface area contributed by atoms with Gasteiger partial charge in [0.25, 0.3) is 5.89 Å². The Morgan fingerprint density at radius 3 is 2.79 bits per heavy atom. The lowest BCUT2D eigenvalue weighted by Crippen LogP contribution is -1.98. The molecular weight excluding hydrogens is 324 g/mol. The number of rotatable bonds is 4. The van der Waals surface area contributed by atoms with Crippen LogP contribution in [0.15, 0.2) is 52.9 Å². The molecule has 0 unspecified atom stereocenters. The number of halogens is 1. The zero-order valence-electron chi connectivity index (χ0n) is 13.0. The Morgan fingerprint density at radius 2 is 1.96 bits per heavy atom. The van der Waals surface area contributed by atoms with E-state index in [1.165, 1.54) is 0 Å². The quantitative estimate of drug-likeness (QED) is 0.561. The summed E-state index contributed by atoms with van der Waals surface area (Å²) in [6.07, 6.45) is 0. The zero-order valence-corrected chi connectivity index (χ0v) is 13.8. The summed E-state index contributed by atoms with van der Waals surface area (Å²) in [6.45, 7) is 2.63. The highest BCUT2D eigenvalue weighted by molar-refractivity contribution is 6.31. The summed E-state index contributed by atoms with van der Waals surface area (Å²) in [5.41, 5.74) is 3.98. The van der Waals surface area contributed by atoms with Gasteiger partial charge in [-0.05, 0) is 36.2 Å². The maximum absolute atomic E-state index is 6.07. The first-order valence-corrected chi connectivity index (χ1v) is 7.98. The predicted octanol–water partition coefficient (Wildman–Crippen LogP) is 4.79. The minimum absolute atomic E-state index is 0.393. The molecule has 0 saturated carbocycles. The highest BCUT2D eigenvalue weighted by Crippen LogP contribution is 2.31. The molecule has 2 N–H and O–H groups in total. The summed E-state index contributed by atoms with van der Waals surface area (Å²) in [5.74, 6) is 0.454.